The minimum Gasteiger partial charge on any atom is -0.485 e. The van der Waals surface area contributed by atoms with E-state index in [0.717, 1.165) is 0 Å². The van der Waals surface area contributed by atoms with Crippen molar-refractivity contribution in [2.75, 3.05) is 32.8 Å². The highest BCUT2D eigenvalue weighted by Gasteiger charge is 2.33. The average Bonchev–Trinajstić information content (AvgIpc) is 2.92. The molecule has 2 amide bonds. The molecule has 7 heteroatoms. The van der Waals surface area contributed by atoms with E-state index in [0.29, 0.717) is 54.4 Å². The van der Waals surface area contributed by atoms with Gasteiger partial charge in [0, 0.05) is 42.9 Å². The van der Waals surface area contributed by atoms with Gasteiger partial charge in [0.2, 0.25) is 6.10 Å². The highest BCUT2D eigenvalue weighted by molar-refractivity contribution is 6.09. The molecule has 0 N–H and O–H groups in total. The predicted octanol–water partition coefficient (Wildman–Crippen LogP) is 3.04. The maximum absolute atomic E-state index is 13.0. The van der Waals surface area contributed by atoms with Crippen LogP contribution >= 0.6 is 0 Å². The summed E-state index contributed by atoms with van der Waals surface area (Å²) in [5.41, 5.74) is 1.66. The SMILES string of the molecule is O=C(c1ccccc1)c1ccc(C(=O)N2CCN(C(=O)[C@H]3COc4ccccc4O3)CC2)cc1. The molecule has 0 aromatic heterocycles. The fraction of sp³-hybridized carbons (Fsp3) is 0.222. The van der Waals surface area contributed by atoms with Gasteiger partial charge < -0.3 is 19.3 Å². The van der Waals surface area contributed by atoms with Crippen molar-refractivity contribution in [3.63, 3.8) is 0 Å². The second-order valence-corrected chi connectivity index (χ2v) is 8.25. The summed E-state index contributed by atoms with van der Waals surface area (Å²) in [6.07, 6.45) is -0.688. The maximum Gasteiger partial charge on any atom is 0.267 e. The minimum absolute atomic E-state index is 0.0803. The summed E-state index contributed by atoms with van der Waals surface area (Å²) in [6.45, 7) is 1.88. The minimum atomic E-state index is -0.688. The Morgan fingerprint density at radius 2 is 1.21 bits per heavy atom. The lowest BCUT2D eigenvalue weighted by atomic mass is 10.0. The number of benzene rings is 3. The molecule has 5 rings (SSSR count). The van der Waals surface area contributed by atoms with E-state index in [-0.39, 0.29) is 24.2 Å². The van der Waals surface area contributed by atoms with Gasteiger partial charge in [-0.05, 0) is 24.3 Å². The first-order valence-electron chi connectivity index (χ1n) is 11.3. The van der Waals surface area contributed by atoms with Gasteiger partial charge in [-0.25, -0.2) is 0 Å². The Balaban J connectivity index is 1.17. The van der Waals surface area contributed by atoms with Gasteiger partial charge in [0.05, 0.1) is 0 Å². The van der Waals surface area contributed by atoms with E-state index < -0.39 is 6.10 Å². The third-order valence-electron chi connectivity index (χ3n) is 6.09. The molecule has 0 bridgehead atoms. The van der Waals surface area contributed by atoms with E-state index in [1.54, 1.807) is 52.3 Å². The number of carbonyl (C=O) groups is 3. The molecule has 7 nitrogen and oxygen atoms in total. The summed E-state index contributed by atoms with van der Waals surface area (Å²) >= 11 is 0. The molecule has 34 heavy (non-hydrogen) atoms. The van der Waals surface area contributed by atoms with Crippen LogP contribution in [0.3, 0.4) is 0 Å². The van der Waals surface area contributed by atoms with Crippen LogP contribution < -0.4 is 9.47 Å². The van der Waals surface area contributed by atoms with Gasteiger partial charge in [-0.15, -0.1) is 0 Å². The fourth-order valence-electron chi connectivity index (χ4n) is 4.18. The standard InChI is InChI=1S/C27H24N2O5/c30-25(19-6-2-1-3-7-19)20-10-12-21(13-11-20)26(31)28-14-16-29(17-15-28)27(32)24-18-33-22-8-4-5-9-23(22)34-24/h1-13,24H,14-18H2/t24-/m1/s1. The number of hydrogen-bond donors (Lipinski definition) is 0. The van der Waals surface area contributed by atoms with E-state index >= 15 is 0 Å². The van der Waals surface area contributed by atoms with Gasteiger partial charge in [-0.3, -0.25) is 14.4 Å². The third kappa shape index (κ3) is 4.37. The predicted molar refractivity (Wildman–Crippen MR) is 125 cm³/mol. The van der Waals surface area contributed by atoms with Crippen LogP contribution in [0.15, 0.2) is 78.9 Å². The van der Waals surface area contributed by atoms with Gasteiger partial charge in [0.1, 0.15) is 6.61 Å². The Morgan fingerprint density at radius 1 is 0.647 bits per heavy atom. The van der Waals surface area contributed by atoms with E-state index in [9.17, 15) is 14.4 Å². The lowest BCUT2D eigenvalue weighted by Crippen LogP contribution is -2.55. The first-order valence-corrected chi connectivity index (χ1v) is 11.3. The van der Waals surface area contributed by atoms with Gasteiger partial charge in [-0.2, -0.15) is 0 Å². The summed E-state index contributed by atoms with van der Waals surface area (Å²) in [5, 5.41) is 0. The zero-order valence-corrected chi connectivity index (χ0v) is 18.6. The van der Waals surface area contributed by atoms with Crippen LogP contribution in [0.5, 0.6) is 11.5 Å². The molecule has 0 aliphatic carbocycles. The first kappa shape index (κ1) is 21.7. The van der Waals surface area contributed by atoms with Crippen molar-refractivity contribution >= 4 is 17.6 Å². The number of amides is 2. The van der Waals surface area contributed by atoms with E-state index in [4.69, 9.17) is 9.47 Å². The van der Waals surface area contributed by atoms with Crippen molar-refractivity contribution in [1.29, 1.82) is 0 Å². The van der Waals surface area contributed by atoms with Crippen LogP contribution in [0.1, 0.15) is 26.3 Å². The molecule has 3 aromatic carbocycles. The van der Waals surface area contributed by atoms with Crippen LogP contribution in [0.4, 0.5) is 0 Å². The first-order chi connectivity index (χ1) is 16.6. The van der Waals surface area contributed by atoms with Crippen molar-refractivity contribution < 1.29 is 23.9 Å². The zero-order valence-electron chi connectivity index (χ0n) is 18.6. The molecule has 3 aromatic rings. The van der Waals surface area contributed by atoms with E-state index in [2.05, 4.69) is 0 Å². The summed E-state index contributed by atoms with van der Waals surface area (Å²) in [7, 11) is 0. The number of nitrogens with zero attached hydrogens (tertiary/aromatic N) is 2. The number of para-hydroxylation sites is 2. The number of ketones is 1. The molecular formula is C27H24N2O5. The molecule has 1 atom stereocenters. The maximum atomic E-state index is 13.0. The molecule has 0 unspecified atom stereocenters. The molecule has 2 aliphatic rings. The number of carbonyl (C=O) groups excluding carboxylic acids is 3. The number of rotatable bonds is 4. The smallest absolute Gasteiger partial charge is 0.267 e. The average molecular weight is 456 g/mol. The van der Waals surface area contributed by atoms with Crippen LogP contribution in [0.2, 0.25) is 0 Å². The third-order valence-corrected chi connectivity index (χ3v) is 6.09. The quantitative estimate of drug-likeness (QED) is 0.564. The Kier molecular flexibility index (Phi) is 5.99. The van der Waals surface area contributed by atoms with E-state index in [1.165, 1.54) is 0 Å². The highest BCUT2D eigenvalue weighted by atomic mass is 16.6. The summed E-state index contributed by atoms with van der Waals surface area (Å²) in [4.78, 5) is 41.9. The highest BCUT2D eigenvalue weighted by Crippen LogP contribution is 2.31. The Bertz CT molecular complexity index is 1200. The van der Waals surface area contributed by atoms with E-state index in [1.807, 2.05) is 36.4 Å². The van der Waals surface area contributed by atoms with Crippen molar-refractivity contribution in [3.05, 3.63) is 95.6 Å². The number of piperazine rings is 1. The fourth-order valence-corrected chi connectivity index (χ4v) is 4.18. The Morgan fingerprint density at radius 3 is 1.91 bits per heavy atom. The lowest BCUT2D eigenvalue weighted by Gasteiger charge is -2.37. The van der Waals surface area contributed by atoms with Gasteiger partial charge in [-0.1, -0.05) is 54.6 Å². The van der Waals surface area contributed by atoms with Gasteiger partial charge >= 0.3 is 0 Å². The van der Waals surface area contributed by atoms with Crippen LogP contribution in [0.25, 0.3) is 0 Å². The normalized spacial score (nSPS) is 17.2. The molecule has 2 aliphatic heterocycles. The second-order valence-electron chi connectivity index (χ2n) is 8.25. The Labute approximate surface area is 197 Å². The monoisotopic (exact) mass is 456 g/mol. The summed E-state index contributed by atoms with van der Waals surface area (Å²) < 4.78 is 11.5. The topological polar surface area (TPSA) is 76.2 Å². The molecule has 0 saturated carbocycles. The molecule has 172 valence electrons. The van der Waals surface area contributed by atoms with Crippen LogP contribution in [-0.4, -0.2) is 66.3 Å². The van der Waals surface area contributed by atoms with Crippen molar-refractivity contribution in [2.24, 2.45) is 0 Å². The molecule has 0 radical (unpaired) electrons. The number of ether oxygens (including phenoxy) is 2. The molecular weight excluding hydrogens is 432 g/mol. The van der Waals surface area contributed by atoms with Crippen LogP contribution in [-0.2, 0) is 4.79 Å². The summed E-state index contributed by atoms with van der Waals surface area (Å²) in [6, 6.07) is 23.1. The molecule has 1 saturated heterocycles. The van der Waals surface area contributed by atoms with Crippen molar-refractivity contribution in [3.8, 4) is 11.5 Å². The number of hydrogen-bond acceptors (Lipinski definition) is 5. The molecule has 0 spiro atoms. The van der Waals surface area contributed by atoms with Crippen molar-refractivity contribution in [2.45, 2.75) is 6.10 Å². The van der Waals surface area contributed by atoms with Gasteiger partial charge in [0.15, 0.2) is 17.3 Å². The largest absolute Gasteiger partial charge is 0.485 e. The van der Waals surface area contributed by atoms with Crippen LogP contribution in [0, 0.1) is 0 Å². The summed E-state index contributed by atoms with van der Waals surface area (Å²) in [5.74, 6) is 0.874. The lowest BCUT2D eigenvalue weighted by molar-refractivity contribution is -0.142. The zero-order chi connectivity index (χ0) is 23.5. The molecule has 2 heterocycles. The second kappa shape index (κ2) is 9.39. The molecule has 1 fully saturated rings. The number of fused-ring (bicyclic) bond motifs is 1. The Hall–Kier alpha value is -4.13. The van der Waals surface area contributed by atoms with Gasteiger partial charge in [0.25, 0.3) is 11.8 Å². The van der Waals surface area contributed by atoms with Crippen molar-refractivity contribution in [1.82, 2.24) is 9.80 Å².